The molecule has 0 spiro atoms. The number of rotatable bonds is 4. The number of benzene rings is 1. The Hall–Kier alpha value is -3.11. The van der Waals surface area contributed by atoms with Gasteiger partial charge in [-0.15, -0.1) is 0 Å². The van der Waals surface area contributed by atoms with Gasteiger partial charge in [-0.3, -0.25) is 4.98 Å². The van der Waals surface area contributed by atoms with Gasteiger partial charge in [0.15, 0.2) is 5.75 Å². The smallest absolute Gasteiger partial charge is 0.366 e. The fourth-order valence-electron chi connectivity index (χ4n) is 3.59. The molecule has 0 bridgehead atoms. The summed E-state index contributed by atoms with van der Waals surface area (Å²) in [7, 11) is 0. The Bertz CT molecular complexity index is 1630. The van der Waals surface area contributed by atoms with E-state index in [1.807, 2.05) is 0 Å². The molecule has 5 rings (SSSR count). The van der Waals surface area contributed by atoms with Crippen LogP contribution in [0, 0.1) is 17.1 Å². The first-order valence-corrected chi connectivity index (χ1v) is 12.8. The van der Waals surface area contributed by atoms with Crippen molar-refractivity contribution in [1.29, 1.82) is 5.26 Å². The molecule has 2 aromatic heterocycles. The van der Waals surface area contributed by atoms with E-state index in [9.17, 15) is 57.1 Å². The fourth-order valence-corrected chi connectivity index (χ4v) is 6.00. The predicted octanol–water partition coefficient (Wildman–Crippen LogP) is 10.1. The molecule has 2 aliphatic heterocycles. The van der Waals surface area contributed by atoms with Crippen LogP contribution < -0.4 is 4.74 Å². The van der Waals surface area contributed by atoms with Gasteiger partial charge in [0.25, 0.3) is 12.9 Å². The van der Waals surface area contributed by atoms with Crippen LogP contribution in [0.1, 0.15) is 40.9 Å². The van der Waals surface area contributed by atoms with Gasteiger partial charge in [0.05, 0.1) is 43.8 Å². The van der Waals surface area contributed by atoms with E-state index in [1.54, 1.807) is 6.07 Å². The third kappa shape index (κ3) is 5.64. The van der Waals surface area contributed by atoms with Crippen molar-refractivity contribution in [2.75, 3.05) is 0 Å². The first-order chi connectivity index (χ1) is 19.7. The van der Waals surface area contributed by atoms with Crippen molar-refractivity contribution in [3.05, 3.63) is 69.5 Å². The molecule has 43 heavy (non-hydrogen) atoms. The molecule has 1 aromatic carbocycles. The molecule has 230 valence electrons. The van der Waals surface area contributed by atoms with Crippen molar-refractivity contribution in [2.45, 2.75) is 45.0 Å². The molecule has 4 heterocycles. The first kappa shape index (κ1) is 32.8. The van der Waals surface area contributed by atoms with Crippen molar-refractivity contribution in [2.24, 2.45) is 0 Å². The number of halogens is 14. The molecule has 3 aromatic rings. The number of hydrogen-bond acceptors (Lipinski definition) is 6. The van der Waals surface area contributed by atoms with Crippen LogP contribution in [0.25, 0.3) is 0 Å². The van der Waals surface area contributed by atoms with Crippen LogP contribution in [-0.4, -0.2) is 20.5 Å². The van der Waals surface area contributed by atoms with Crippen LogP contribution in [0.15, 0.2) is 40.4 Å². The second-order valence-electron chi connectivity index (χ2n) is 8.29. The second kappa shape index (κ2) is 11.1. The SMILES string of the molecule is FC(F)c1c(Cl)cnc2c1SC(F)(F)C2(F)F.N#Cc1cc(F)cc(Oc2cnc3c(c2C(F)F)SC(F)(F)C3(F)F)c1. The summed E-state index contributed by atoms with van der Waals surface area (Å²) >= 11 is 3.96. The molecule has 0 atom stereocenters. The Kier molecular flexibility index (Phi) is 8.47. The fraction of sp³-hybridized carbons (Fsp3) is 0.261. The number of alkyl halides is 12. The molecule has 2 aliphatic rings. The summed E-state index contributed by atoms with van der Waals surface area (Å²) in [4.78, 5) is 4.14. The summed E-state index contributed by atoms with van der Waals surface area (Å²) < 4.78 is 177. The molecular formula is C23H7ClF13N3OS2. The van der Waals surface area contributed by atoms with Gasteiger partial charge in [-0.05, 0) is 35.7 Å². The molecular weight excluding hydrogens is 681 g/mol. The van der Waals surface area contributed by atoms with Crippen LogP contribution in [-0.2, 0) is 11.8 Å². The maximum atomic E-state index is 13.7. The molecule has 4 nitrogen and oxygen atoms in total. The largest absolute Gasteiger partial charge is 0.455 e. The Morgan fingerprint density at radius 1 is 0.767 bits per heavy atom. The van der Waals surface area contributed by atoms with E-state index in [0.29, 0.717) is 12.4 Å². The number of pyridine rings is 2. The van der Waals surface area contributed by atoms with Gasteiger partial charge in [-0.2, -0.15) is 40.4 Å². The summed E-state index contributed by atoms with van der Waals surface area (Å²) in [5, 5.41) is -1.01. The van der Waals surface area contributed by atoms with Crippen LogP contribution >= 0.6 is 35.1 Å². The number of hydrogen-bond donors (Lipinski definition) is 0. The first-order valence-electron chi connectivity index (χ1n) is 10.8. The van der Waals surface area contributed by atoms with Crippen LogP contribution in [0.2, 0.25) is 5.02 Å². The predicted molar refractivity (Wildman–Crippen MR) is 124 cm³/mol. The Morgan fingerprint density at radius 3 is 1.74 bits per heavy atom. The quantitative estimate of drug-likeness (QED) is 0.255. The third-order valence-corrected chi connectivity index (χ3v) is 8.07. The highest BCUT2D eigenvalue weighted by atomic mass is 35.5. The average molecular weight is 688 g/mol. The van der Waals surface area contributed by atoms with E-state index in [0.717, 1.165) is 18.2 Å². The molecule has 0 fully saturated rings. The second-order valence-corrected chi connectivity index (χ2v) is 10.9. The summed E-state index contributed by atoms with van der Waals surface area (Å²) in [6, 6.07) is 4.21. The van der Waals surface area contributed by atoms with Gasteiger partial charge >= 0.3 is 22.4 Å². The molecule has 0 saturated carbocycles. The molecule has 0 radical (unpaired) electrons. The third-order valence-electron chi connectivity index (χ3n) is 5.51. The molecule has 20 heteroatoms. The van der Waals surface area contributed by atoms with E-state index in [1.165, 1.54) is 0 Å². The lowest BCUT2D eigenvalue weighted by atomic mass is 10.1. The van der Waals surface area contributed by atoms with Crippen LogP contribution in [0.4, 0.5) is 57.1 Å². The maximum absolute atomic E-state index is 13.7. The maximum Gasteiger partial charge on any atom is 0.366 e. The summed E-state index contributed by atoms with van der Waals surface area (Å²) in [6.07, 6.45) is -5.70. The van der Waals surface area contributed by atoms with E-state index in [2.05, 4.69) is 9.97 Å². The monoisotopic (exact) mass is 687 g/mol. The number of nitriles is 1. The average Bonchev–Trinajstić information content (AvgIpc) is 3.17. The van der Waals surface area contributed by atoms with Crippen LogP contribution in [0.3, 0.4) is 0 Å². The van der Waals surface area contributed by atoms with Crippen molar-refractivity contribution in [1.82, 2.24) is 9.97 Å². The molecule has 0 unspecified atom stereocenters. The van der Waals surface area contributed by atoms with Gasteiger partial charge in [-0.1, -0.05) is 11.6 Å². The Balaban J connectivity index is 0.000000215. The highest BCUT2D eigenvalue weighted by molar-refractivity contribution is 8.01. The Morgan fingerprint density at radius 2 is 1.26 bits per heavy atom. The number of aromatic nitrogens is 2. The Labute approximate surface area is 244 Å². The van der Waals surface area contributed by atoms with Gasteiger partial charge in [0.2, 0.25) is 0 Å². The topological polar surface area (TPSA) is 58.8 Å². The highest BCUT2D eigenvalue weighted by Gasteiger charge is 2.67. The minimum Gasteiger partial charge on any atom is -0.455 e. The lowest BCUT2D eigenvalue weighted by molar-refractivity contribution is -0.157. The normalized spacial score (nSPS) is 18.5. The van der Waals surface area contributed by atoms with Gasteiger partial charge in [0.1, 0.15) is 23.0 Å². The molecule has 0 amide bonds. The van der Waals surface area contributed by atoms with Gasteiger partial charge < -0.3 is 4.74 Å². The van der Waals surface area contributed by atoms with Crippen molar-refractivity contribution >= 4 is 35.1 Å². The van der Waals surface area contributed by atoms with Crippen molar-refractivity contribution in [3.63, 3.8) is 0 Å². The van der Waals surface area contributed by atoms with Crippen molar-refractivity contribution < 1.29 is 61.8 Å². The summed E-state index contributed by atoms with van der Waals surface area (Å²) in [5.41, 5.74) is -5.27. The van der Waals surface area contributed by atoms with Gasteiger partial charge in [0, 0.05) is 12.3 Å². The highest BCUT2D eigenvalue weighted by Crippen LogP contribution is 2.63. The van der Waals surface area contributed by atoms with Gasteiger partial charge in [-0.25, -0.2) is 26.9 Å². The van der Waals surface area contributed by atoms with E-state index < -0.39 is 113 Å². The minimum atomic E-state index is -4.73. The summed E-state index contributed by atoms with van der Waals surface area (Å²) in [6.45, 7) is 0. The number of ether oxygens (including phenoxy) is 1. The van der Waals surface area contributed by atoms with Crippen molar-refractivity contribution in [3.8, 4) is 17.6 Å². The zero-order valence-electron chi connectivity index (χ0n) is 19.9. The van der Waals surface area contributed by atoms with Crippen LogP contribution in [0.5, 0.6) is 11.5 Å². The van der Waals surface area contributed by atoms with E-state index >= 15 is 0 Å². The molecule has 0 saturated heterocycles. The lowest BCUT2D eigenvalue weighted by Crippen LogP contribution is -2.30. The molecule has 0 aliphatic carbocycles. The lowest BCUT2D eigenvalue weighted by Gasteiger charge is -2.16. The summed E-state index contributed by atoms with van der Waals surface area (Å²) in [5.74, 6) is -11.4. The van der Waals surface area contributed by atoms with E-state index in [4.69, 9.17) is 21.6 Å². The number of nitrogens with zero attached hydrogens (tertiary/aromatic N) is 3. The van der Waals surface area contributed by atoms with E-state index in [-0.39, 0.29) is 5.56 Å². The number of fused-ring (bicyclic) bond motifs is 2. The minimum absolute atomic E-state index is 0.194. The number of thioether (sulfide) groups is 2. The zero-order chi connectivity index (χ0) is 32.3. The zero-order valence-corrected chi connectivity index (χ0v) is 22.3. The molecule has 0 N–H and O–H groups in total. The standard InChI is InChI=1S/C15H5F7N2OS.C8H2ClF6NS/c16-7-1-6(4-23)2-8(3-7)25-9-5-24-12-11(10(9)13(17)18)26-15(21,22)14(12,19)20;9-2-1-16-5-4(3(2)6(10)11)17-8(14,15)7(5,12)13/h1-3,5,13H;1,6H.